The smallest absolute Gasteiger partial charge is 0.280 e. The molecule has 2 heterocycles. The Hall–Kier alpha value is -3.36. The van der Waals surface area contributed by atoms with Crippen LogP contribution in [0.4, 0.5) is 11.4 Å². The Morgan fingerprint density at radius 3 is 2.66 bits per heavy atom. The molecule has 0 spiro atoms. The van der Waals surface area contributed by atoms with E-state index in [2.05, 4.69) is 10.3 Å². The molecule has 3 aromatic rings. The average Bonchev–Trinajstić information content (AvgIpc) is 3.30. The van der Waals surface area contributed by atoms with Gasteiger partial charge in [0.25, 0.3) is 11.6 Å². The van der Waals surface area contributed by atoms with Gasteiger partial charge >= 0.3 is 0 Å². The van der Waals surface area contributed by atoms with Crippen LogP contribution in [0.15, 0.2) is 75.0 Å². The summed E-state index contributed by atoms with van der Waals surface area (Å²) < 4.78 is 5.71. The standard InChI is InChI=1S/C20H12ClN3O4S/c21-14-6-2-3-7-15(14)22-20-23-19(25)18(29-20)11-12-9-10-17(28-12)13-5-1-4-8-16(13)24(26)27/h1-11H,(H,22,23,25)/b18-11+. The number of furan rings is 1. The SMILES string of the molecule is O=C1NC(=Nc2ccccc2Cl)S/C1=C/c1ccc(-c2ccccc2[N+](=O)[O-])o1. The minimum Gasteiger partial charge on any atom is -0.456 e. The highest BCUT2D eigenvalue weighted by Crippen LogP contribution is 2.34. The van der Waals surface area contributed by atoms with Crippen molar-refractivity contribution >= 4 is 51.9 Å². The number of nitro benzene ring substituents is 1. The Morgan fingerprint density at radius 1 is 1.10 bits per heavy atom. The Labute approximate surface area is 174 Å². The predicted molar refractivity (Wildman–Crippen MR) is 113 cm³/mol. The van der Waals surface area contributed by atoms with Crippen LogP contribution in [0.3, 0.4) is 0 Å². The molecular weight excluding hydrogens is 414 g/mol. The van der Waals surface area contributed by atoms with Gasteiger partial charge in [-0.1, -0.05) is 35.9 Å². The number of nitro groups is 1. The van der Waals surface area contributed by atoms with E-state index in [1.54, 1.807) is 60.7 Å². The second-order valence-electron chi connectivity index (χ2n) is 5.91. The summed E-state index contributed by atoms with van der Waals surface area (Å²) in [6, 6.07) is 16.6. The van der Waals surface area contributed by atoms with Gasteiger partial charge in [-0.05, 0) is 42.1 Å². The third-order valence-electron chi connectivity index (χ3n) is 3.99. The molecule has 4 rings (SSSR count). The number of benzene rings is 2. The molecule has 0 radical (unpaired) electrons. The highest BCUT2D eigenvalue weighted by atomic mass is 35.5. The number of nitrogens with one attached hydrogen (secondary N) is 1. The monoisotopic (exact) mass is 425 g/mol. The summed E-state index contributed by atoms with van der Waals surface area (Å²) in [4.78, 5) is 27.7. The van der Waals surface area contributed by atoms with E-state index in [0.717, 1.165) is 11.8 Å². The summed E-state index contributed by atoms with van der Waals surface area (Å²) in [7, 11) is 0. The van der Waals surface area contributed by atoms with Crippen molar-refractivity contribution in [3.05, 3.63) is 86.5 Å². The number of thioether (sulfide) groups is 1. The number of halogens is 1. The van der Waals surface area contributed by atoms with Gasteiger partial charge in [-0.2, -0.15) is 0 Å². The first-order valence-corrected chi connectivity index (χ1v) is 9.58. The zero-order chi connectivity index (χ0) is 20.4. The summed E-state index contributed by atoms with van der Waals surface area (Å²) in [6.07, 6.45) is 1.56. The molecule has 0 unspecified atom stereocenters. The number of aliphatic imine (C=N–C) groups is 1. The molecule has 7 nitrogen and oxygen atoms in total. The second kappa shape index (κ2) is 7.94. The fourth-order valence-corrected chi connectivity index (χ4v) is 3.67. The molecule has 1 saturated heterocycles. The normalized spacial score (nSPS) is 16.4. The Morgan fingerprint density at radius 2 is 1.86 bits per heavy atom. The molecule has 0 atom stereocenters. The second-order valence-corrected chi connectivity index (χ2v) is 7.35. The molecule has 0 aliphatic carbocycles. The maximum atomic E-state index is 12.2. The molecule has 29 heavy (non-hydrogen) atoms. The van der Waals surface area contributed by atoms with Gasteiger partial charge in [0.2, 0.25) is 0 Å². The van der Waals surface area contributed by atoms with Gasteiger partial charge in [-0.3, -0.25) is 14.9 Å². The van der Waals surface area contributed by atoms with Crippen molar-refractivity contribution in [3.63, 3.8) is 0 Å². The van der Waals surface area contributed by atoms with Crippen LogP contribution < -0.4 is 5.32 Å². The number of nitrogens with zero attached hydrogens (tertiary/aromatic N) is 2. The van der Waals surface area contributed by atoms with Gasteiger partial charge in [0.15, 0.2) is 5.17 Å². The van der Waals surface area contributed by atoms with E-state index in [4.69, 9.17) is 16.0 Å². The first-order valence-electron chi connectivity index (χ1n) is 8.39. The molecule has 1 aromatic heterocycles. The zero-order valence-corrected chi connectivity index (χ0v) is 16.2. The minimum absolute atomic E-state index is 0.0526. The summed E-state index contributed by atoms with van der Waals surface area (Å²) in [5, 5.41) is 14.8. The molecule has 1 aliphatic rings. The molecular formula is C20H12ClN3O4S. The van der Waals surface area contributed by atoms with Gasteiger partial charge in [0.05, 0.1) is 26.1 Å². The predicted octanol–water partition coefficient (Wildman–Crippen LogP) is 5.40. The minimum atomic E-state index is -0.465. The van der Waals surface area contributed by atoms with Crippen molar-refractivity contribution < 1.29 is 14.1 Å². The third-order valence-corrected chi connectivity index (χ3v) is 5.22. The largest absolute Gasteiger partial charge is 0.456 e. The number of para-hydroxylation sites is 2. The summed E-state index contributed by atoms with van der Waals surface area (Å²) in [5.41, 5.74) is 0.865. The van der Waals surface area contributed by atoms with E-state index >= 15 is 0 Å². The maximum absolute atomic E-state index is 12.2. The van der Waals surface area contributed by atoms with Gasteiger partial charge in [-0.25, -0.2) is 4.99 Å². The van der Waals surface area contributed by atoms with Crippen molar-refractivity contribution in [2.45, 2.75) is 0 Å². The van der Waals surface area contributed by atoms with E-state index in [0.29, 0.717) is 37.9 Å². The number of hydrogen-bond donors (Lipinski definition) is 1. The highest BCUT2D eigenvalue weighted by molar-refractivity contribution is 8.18. The Bertz CT molecular complexity index is 1190. The van der Waals surface area contributed by atoms with E-state index in [-0.39, 0.29) is 11.6 Å². The van der Waals surface area contributed by atoms with Crippen molar-refractivity contribution in [1.29, 1.82) is 0 Å². The quantitative estimate of drug-likeness (QED) is 0.343. The van der Waals surface area contributed by atoms with Crippen LogP contribution >= 0.6 is 23.4 Å². The van der Waals surface area contributed by atoms with Crippen LogP contribution in [-0.2, 0) is 4.79 Å². The summed E-state index contributed by atoms with van der Waals surface area (Å²) in [6.45, 7) is 0. The molecule has 9 heteroatoms. The first-order chi connectivity index (χ1) is 14.0. The van der Waals surface area contributed by atoms with E-state index in [1.165, 1.54) is 6.07 Å². The molecule has 0 saturated carbocycles. The summed E-state index contributed by atoms with van der Waals surface area (Å²) in [5.74, 6) is 0.428. The fraction of sp³-hybridized carbons (Fsp3) is 0. The topological polar surface area (TPSA) is 97.7 Å². The lowest BCUT2D eigenvalue weighted by Crippen LogP contribution is -2.19. The molecule has 1 N–H and O–H groups in total. The van der Waals surface area contributed by atoms with E-state index in [9.17, 15) is 14.9 Å². The highest BCUT2D eigenvalue weighted by Gasteiger charge is 2.25. The third kappa shape index (κ3) is 4.08. The van der Waals surface area contributed by atoms with Crippen LogP contribution in [0.2, 0.25) is 5.02 Å². The number of carbonyl (C=O) groups excluding carboxylic acids is 1. The molecule has 1 fully saturated rings. The van der Waals surface area contributed by atoms with Gasteiger partial charge in [0, 0.05) is 12.1 Å². The van der Waals surface area contributed by atoms with Gasteiger partial charge in [0.1, 0.15) is 11.5 Å². The zero-order valence-electron chi connectivity index (χ0n) is 14.7. The number of carbonyl (C=O) groups is 1. The molecule has 2 aromatic carbocycles. The van der Waals surface area contributed by atoms with Crippen molar-refractivity contribution in [3.8, 4) is 11.3 Å². The molecule has 144 valence electrons. The van der Waals surface area contributed by atoms with E-state index < -0.39 is 4.92 Å². The van der Waals surface area contributed by atoms with Crippen LogP contribution in [0, 0.1) is 10.1 Å². The lowest BCUT2D eigenvalue weighted by molar-refractivity contribution is -0.384. The molecule has 1 amide bonds. The van der Waals surface area contributed by atoms with Crippen molar-refractivity contribution in [2.24, 2.45) is 4.99 Å². The fourth-order valence-electron chi connectivity index (χ4n) is 2.68. The van der Waals surface area contributed by atoms with Gasteiger partial charge in [-0.15, -0.1) is 0 Å². The Kier molecular flexibility index (Phi) is 5.20. The average molecular weight is 426 g/mol. The van der Waals surface area contributed by atoms with E-state index in [1.807, 2.05) is 0 Å². The van der Waals surface area contributed by atoms with Crippen LogP contribution in [0.25, 0.3) is 17.4 Å². The Balaban J connectivity index is 1.59. The molecule has 1 aliphatic heterocycles. The first kappa shape index (κ1) is 19.0. The van der Waals surface area contributed by atoms with Crippen molar-refractivity contribution in [2.75, 3.05) is 0 Å². The number of amides is 1. The van der Waals surface area contributed by atoms with Crippen molar-refractivity contribution in [1.82, 2.24) is 5.32 Å². The number of hydrogen-bond acceptors (Lipinski definition) is 6. The van der Waals surface area contributed by atoms with Crippen LogP contribution in [-0.4, -0.2) is 16.0 Å². The number of amidine groups is 1. The summed E-state index contributed by atoms with van der Waals surface area (Å²) >= 11 is 7.25. The maximum Gasteiger partial charge on any atom is 0.280 e. The lowest BCUT2D eigenvalue weighted by Gasteiger charge is -1.98. The van der Waals surface area contributed by atoms with Crippen LogP contribution in [0.5, 0.6) is 0 Å². The molecule has 0 bridgehead atoms. The van der Waals surface area contributed by atoms with Crippen LogP contribution in [0.1, 0.15) is 5.76 Å². The lowest BCUT2D eigenvalue weighted by atomic mass is 10.1. The van der Waals surface area contributed by atoms with Gasteiger partial charge < -0.3 is 9.73 Å². The number of rotatable bonds is 4.